The van der Waals surface area contributed by atoms with Crippen LogP contribution in [-0.2, 0) is 25.2 Å². The fourth-order valence-corrected chi connectivity index (χ4v) is 6.03. The SMILES string of the molecule is C#CCO[C@H]1C[C@H](n2cc(C(F)(F)F)c(=O)[nH]c2=O)O[C@@H]1COC(=O)[C@@H]1CCCN1CCCCCCCCCCCCCC. The van der Waals surface area contributed by atoms with Crippen molar-refractivity contribution in [3.05, 3.63) is 32.6 Å². The van der Waals surface area contributed by atoms with Crippen LogP contribution in [-0.4, -0.2) is 65.0 Å². The first-order valence-corrected chi connectivity index (χ1v) is 16.2. The van der Waals surface area contributed by atoms with E-state index in [1.807, 2.05) is 0 Å². The molecule has 1 N–H and O–H groups in total. The number of hydrogen-bond acceptors (Lipinski definition) is 7. The number of carbonyl (C=O) groups excluding carboxylic acids is 1. The molecule has 3 heterocycles. The molecule has 2 fully saturated rings. The Morgan fingerprint density at radius 2 is 1.70 bits per heavy atom. The molecule has 1 aromatic rings. The second-order valence-corrected chi connectivity index (χ2v) is 11.8. The van der Waals surface area contributed by atoms with Crippen molar-refractivity contribution in [3.63, 3.8) is 0 Å². The molecule has 1 aromatic heterocycles. The van der Waals surface area contributed by atoms with E-state index in [2.05, 4.69) is 17.7 Å². The Kier molecular flexibility index (Phi) is 15.0. The summed E-state index contributed by atoms with van der Waals surface area (Å²) in [5, 5.41) is 0. The van der Waals surface area contributed by atoms with Crippen molar-refractivity contribution in [1.82, 2.24) is 14.5 Å². The maximum atomic E-state index is 13.3. The standard InChI is InChI=1S/C32H48F3N3O6/c1-3-5-6-7-8-9-10-11-12-13-14-15-18-37-19-16-17-25(37)30(40)43-23-27-26(42-20-4-2)21-28(44-27)38-22-24(32(33,34)35)29(39)36-31(38)41/h2,22,25-28H,3,5-21,23H2,1H3,(H,36,39,41)/t25-,26-,27+,28+/m0/s1. The van der Waals surface area contributed by atoms with Crippen molar-refractivity contribution >= 4 is 5.97 Å². The lowest BCUT2D eigenvalue weighted by atomic mass is 10.1. The minimum atomic E-state index is -4.96. The molecule has 2 aliphatic rings. The van der Waals surface area contributed by atoms with Crippen molar-refractivity contribution < 1.29 is 32.2 Å². The molecule has 0 aliphatic carbocycles. The number of terminal acetylenes is 1. The summed E-state index contributed by atoms with van der Waals surface area (Å²) in [6.45, 7) is 3.57. The Bertz CT molecular complexity index is 1180. The molecule has 3 rings (SSSR count). The number of nitrogens with zero attached hydrogens (tertiary/aromatic N) is 2. The Hall–Kier alpha value is -2.62. The highest BCUT2D eigenvalue weighted by Gasteiger charge is 2.41. The molecule has 0 unspecified atom stereocenters. The van der Waals surface area contributed by atoms with Crippen molar-refractivity contribution in [2.75, 3.05) is 26.3 Å². The number of H-pyrrole nitrogens is 1. The Morgan fingerprint density at radius 3 is 2.32 bits per heavy atom. The Labute approximate surface area is 257 Å². The van der Waals surface area contributed by atoms with Crippen molar-refractivity contribution in [2.45, 2.75) is 134 Å². The van der Waals surface area contributed by atoms with E-state index >= 15 is 0 Å². The van der Waals surface area contributed by atoms with Crippen LogP contribution < -0.4 is 11.2 Å². The Balaban J connectivity index is 1.44. The van der Waals surface area contributed by atoms with Crippen molar-refractivity contribution in [3.8, 4) is 12.3 Å². The second-order valence-electron chi connectivity index (χ2n) is 11.8. The minimum absolute atomic E-state index is 0.0261. The molecule has 248 valence electrons. The van der Waals surface area contributed by atoms with Crippen LogP contribution in [0, 0.1) is 12.3 Å². The number of hydrogen-bond donors (Lipinski definition) is 1. The first-order chi connectivity index (χ1) is 21.2. The molecular formula is C32H48F3N3O6. The highest BCUT2D eigenvalue weighted by Crippen LogP contribution is 2.32. The molecule has 0 amide bonds. The van der Waals surface area contributed by atoms with Gasteiger partial charge in [-0.3, -0.25) is 24.0 Å². The van der Waals surface area contributed by atoms with Gasteiger partial charge in [-0.05, 0) is 32.4 Å². The average molecular weight is 628 g/mol. The summed E-state index contributed by atoms with van der Waals surface area (Å²) in [6.07, 6.45) is 14.7. The highest BCUT2D eigenvalue weighted by atomic mass is 19.4. The maximum absolute atomic E-state index is 13.3. The Morgan fingerprint density at radius 1 is 1.07 bits per heavy atom. The van der Waals surface area contributed by atoms with Gasteiger partial charge in [0.15, 0.2) is 0 Å². The van der Waals surface area contributed by atoms with Gasteiger partial charge in [-0.1, -0.05) is 83.5 Å². The molecule has 9 nitrogen and oxygen atoms in total. The number of rotatable bonds is 19. The number of unbranched alkanes of at least 4 members (excludes halogenated alkanes) is 11. The van der Waals surface area contributed by atoms with Crippen LogP contribution in [0.4, 0.5) is 13.2 Å². The number of carbonyl (C=O) groups is 1. The minimum Gasteiger partial charge on any atom is -0.462 e. The van der Waals surface area contributed by atoms with Gasteiger partial charge in [0.25, 0.3) is 5.56 Å². The summed E-state index contributed by atoms with van der Waals surface area (Å²) in [7, 11) is 0. The molecular weight excluding hydrogens is 579 g/mol. The zero-order valence-electron chi connectivity index (χ0n) is 25.9. The average Bonchev–Trinajstić information content (AvgIpc) is 3.61. The summed E-state index contributed by atoms with van der Waals surface area (Å²) in [4.78, 5) is 40.9. The predicted octanol–water partition coefficient (Wildman–Crippen LogP) is 5.57. The van der Waals surface area contributed by atoms with Crippen LogP contribution in [0.25, 0.3) is 0 Å². The summed E-state index contributed by atoms with van der Waals surface area (Å²) in [5.74, 6) is 1.94. The number of halogens is 3. The van der Waals surface area contributed by atoms with E-state index in [9.17, 15) is 27.6 Å². The predicted molar refractivity (Wildman–Crippen MR) is 160 cm³/mol. The van der Waals surface area contributed by atoms with Crippen LogP contribution in [0.15, 0.2) is 15.8 Å². The third-order valence-electron chi connectivity index (χ3n) is 8.47. The molecule has 12 heteroatoms. The number of esters is 1. The van der Waals surface area contributed by atoms with Crippen molar-refractivity contribution in [2.24, 2.45) is 0 Å². The van der Waals surface area contributed by atoms with Gasteiger partial charge in [-0.25, -0.2) is 4.79 Å². The molecule has 0 aromatic carbocycles. The van der Waals surface area contributed by atoms with E-state index in [4.69, 9.17) is 20.6 Å². The second kappa shape index (κ2) is 18.4. The number of alkyl halides is 3. The van der Waals surface area contributed by atoms with Gasteiger partial charge in [-0.2, -0.15) is 13.2 Å². The van der Waals surface area contributed by atoms with E-state index in [1.54, 1.807) is 4.98 Å². The maximum Gasteiger partial charge on any atom is 0.423 e. The van der Waals surface area contributed by atoms with E-state index in [0.717, 1.165) is 32.4 Å². The third-order valence-corrected chi connectivity index (χ3v) is 8.47. The largest absolute Gasteiger partial charge is 0.462 e. The van der Waals surface area contributed by atoms with Crippen LogP contribution >= 0.6 is 0 Å². The molecule has 0 radical (unpaired) electrons. The first kappa shape index (κ1) is 35.9. The van der Waals surface area contributed by atoms with E-state index < -0.39 is 41.4 Å². The molecule has 2 saturated heterocycles. The van der Waals surface area contributed by atoms with Gasteiger partial charge in [0, 0.05) is 12.6 Å². The number of ether oxygens (including phenoxy) is 3. The number of aromatic amines is 1. The van der Waals surface area contributed by atoms with Crippen LogP contribution in [0.5, 0.6) is 0 Å². The van der Waals surface area contributed by atoms with Gasteiger partial charge in [0.2, 0.25) is 0 Å². The zero-order valence-corrected chi connectivity index (χ0v) is 25.9. The van der Waals surface area contributed by atoms with Gasteiger partial charge in [0.1, 0.15) is 37.2 Å². The molecule has 0 saturated carbocycles. The van der Waals surface area contributed by atoms with E-state index in [-0.39, 0.29) is 31.6 Å². The van der Waals surface area contributed by atoms with Gasteiger partial charge >= 0.3 is 17.8 Å². The lowest BCUT2D eigenvalue weighted by Crippen LogP contribution is -2.40. The van der Waals surface area contributed by atoms with Gasteiger partial charge in [0.05, 0.1) is 6.10 Å². The monoisotopic (exact) mass is 627 g/mol. The first-order valence-electron chi connectivity index (χ1n) is 16.2. The molecule has 0 spiro atoms. The zero-order chi connectivity index (χ0) is 32.0. The summed E-state index contributed by atoms with van der Waals surface area (Å²) < 4.78 is 57.6. The smallest absolute Gasteiger partial charge is 0.423 e. The normalized spacial score (nSPS) is 22.3. The van der Waals surface area contributed by atoms with E-state index in [0.29, 0.717) is 17.2 Å². The highest BCUT2D eigenvalue weighted by molar-refractivity contribution is 5.76. The lowest BCUT2D eigenvalue weighted by Gasteiger charge is -2.24. The van der Waals surface area contributed by atoms with Crippen LogP contribution in [0.3, 0.4) is 0 Å². The lowest BCUT2D eigenvalue weighted by molar-refractivity contribution is -0.156. The van der Waals surface area contributed by atoms with Crippen LogP contribution in [0.2, 0.25) is 0 Å². The number of nitrogens with one attached hydrogen (secondary N) is 1. The summed E-state index contributed by atoms with van der Waals surface area (Å²) in [6, 6.07) is -0.360. The number of likely N-dealkylation sites (tertiary alicyclic amines) is 1. The number of aromatic nitrogens is 2. The van der Waals surface area contributed by atoms with Crippen LogP contribution in [0.1, 0.15) is 115 Å². The molecule has 44 heavy (non-hydrogen) atoms. The van der Waals surface area contributed by atoms with Gasteiger partial charge < -0.3 is 14.2 Å². The fourth-order valence-electron chi connectivity index (χ4n) is 6.03. The van der Waals surface area contributed by atoms with Gasteiger partial charge in [-0.15, -0.1) is 6.42 Å². The molecule has 2 aliphatic heterocycles. The summed E-state index contributed by atoms with van der Waals surface area (Å²) >= 11 is 0. The third kappa shape index (κ3) is 11.1. The molecule has 0 bridgehead atoms. The molecule has 4 atom stereocenters. The van der Waals surface area contributed by atoms with Crippen molar-refractivity contribution in [1.29, 1.82) is 0 Å². The fraction of sp³-hybridized carbons (Fsp3) is 0.781. The summed E-state index contributed by atoms with van der Waals surface area (Å²) in [5.41, 5.74) is -4.11. The van der Waals surface area contributed by atoms with E-state index in [1.165, 1.54) is 64.2 Å². The topological polar surface area (TPSA) is 103 Å². The quantitative estimate of drug-likeness (QED) is 0.122.